The molecule has 0 saturated carbocycles. The third-order valence-electron chi connectivity index (χ3n) is 8.63. The van der Waals surface area contributed by atoms with Gasteiger partial charge in [0, 0.05) is 26.1 Å². The summed E-state index contributed by atoms with van der Waals surface area (Å²) < 4.78 is 86.1. The molecule has 254 valence electrons. The molecule has 10 atom stereocenters. The molecule has 3 saturated heterocycles. The standard InChI is InChI=1S/C25H26B2FN9O10P2/c1-41-20-19-13(45-25(20)37-22-15-10(4-5-30-22)34-14(38)3-2-11(15)35-37)7-43-48(26,39)46-18-12(6-42-49(27,40)47-19)44-24(16(18)28)36-9-33-17-21(29)31-8-32-23(17)36/h4-5,8-9,12-13,16,18-20,24-25H,2-3,6-7H2,1H3,(H,34,38)(H2,29,31,32)/t12-,13-,16?,18+,19?,20+,24-,25-,48?,49?/m1/s1. The number of imidazole rings is 1. The van der Waals surface area contributed by atoms with Crippen molar-refractivity contribution in [2.24, 2.45) is 0 Å². The summed E-state index contributed by atoms with van der Waals surface area (Å²) in [5, 5.41) is 8.12. The molecule has 4 aromatic heterocycles. The normalized spacial score (nSPS) is 36.8. The number of pyridine rings is 1. The summed E-state index contributed by atoms with van der Waals surface area (Å²) in [6.45, 7) is -1.22. The highest BCUT2D eigenvalue weighted by Gasteiger charge is 2.54. The average Bonchev–Trinajstić information content (AvgIpc) is 3.78. The molecule has 8 heterocycles. The van der Waals surface area contributed by atoms with E-state index in [0.29, 0.717) is 28.8 Å². The van der Waals surface area contributed by atoms with Crippen LogP contribution in [0.3, 0.4) is 0 Å². The number of alkyl halides is 1. The van der Waals surface area contributed by atoms with E-state index in [2.05, 4.69) is 30.4 Å². The number of fused-ring (bicyclic) bond motifs is 3. The number of aromatic nitrogens is 7. The van der Waals surface area contributed by atoms with Crippen LogP contribution in [0.15, 0.2) is 24.9 Å². The Morgan fingerprint density at radius 1 is 1.00 bits per heavy atom. The Balaban J connectivity index is 1.09. The van der Waals surface area contributed by atoms with E-state index in [0.717, 1.165) is 0 Å². The van der Waals surface area contributed by atoms with Crippen LogP contribution in [0.4, 0.5) is 15.9 Å². The van der Waals surface area contributed by atoms with Crippen molar-refractivity contribution in [2.45, 2.75) is 62.0 Å². The Kier molecular flexibility index (Phi) is 8.16. The second kappa shape index (κ2) is 12.2. The molecule has 19 nitrogen and oxygen atoms in total. The highest BCUT2D eigenvalue weighted by atomic mass is 31.2. The molecular formula is C25H26B2FN9O10P2. The van der Waals surface area contributed by atoms with Crippen LogP contribution in [0.25, 0.3) is 22.2 Å². The average molecular weight is 715 g/mol. The van der Waals surface area contributed by atoms with Gasteiger partial charge in [-0.15, -0.1) is 0 Å². The number of ether oxygens (including phenoxy) is 3. The van der Waals surface area contributed by atoms with Crippen LogP contribution in [0, 0.1) is 0 Å². The number of aryl methyl sites for hydroxylation is 1. The highest BCUT2D eigenvalue weighted by Crippen LogP contribution is 2.54. The summed E-state index contributed by atoms with van der Waals surface area (Å²) in [5.41, 5.74) is 7.66. The van der Waals surface area contributed by atoms with Crippen molar-refractivity contribution in [1.29, 1.82) is 0 Å². The molecule has 4 aliphatic heterocycles. The van der Waals surface area contributed by atoms with Crippen LogP contribution < -0.4 is 11.1 Å². The van der Waals surface area contributed by atoms with Gasteiger partial charge in [-0.25, -0.2) is 29.0 Å². The van der Waals surface area contributed by atoms with Gasteiger partial charge in [-0.3, -0.25) is 18.5 Å². The number of nitrogens with two attached hydrogens (primary N) is 1. The van der Waals surface area contributed by atoms with Gasteiger partial charge >= 0.3 is 0 Å². The largest absolute Gasteiger partial charge is 0.382 e. The van der Waals surface area contributed by atoms with E-state index >= 15 is 4.39 Å². The van der Waals surface area contributed by atoms with Crippen molar-refractivity contribution < 1.29 is 50.6 Å². The van der Waals surface area contributed by atoms with Gasteiger partial charge in [0.25, 0.3) is 14.9 Å². The summed E-state index contributed by atoms with van der Waals surface area (Å²) in [6, 6.07) is 1.65. The number of rotatable bonds is 3. The lowest BCUT2D eigenvalue weighted by Crippen LogP contribution is -2.39. The Morgan fingerprint density at radius 2 is 1.71 bits per heavy atom. The summed E-state index contributed by atoms with van der Waals surface area (Å²) in [7, 11) is 4.33. The highest BCUT2D eigenvalue weighted by molar-refractivity contribution is 7.79. The van der Waals surface area contributed by atoms with E-state index in [1.807, 2.05) is 0 Å². The number of carbonyl (C=O) groups excluding carboxylic acids is 1. The number of amides is 1. The maximum atomic E-state index is 16.1. The van der Waals surface area contributed by atoms with Crippen LogP contribution in [0.1, 0.15) is 24.6 Å². The van der Waals surface area contributed by atoms with Crippen LogP contribution >= 0.6 is 14.9 Å². The van der Waals surface area contributed by atoms with Crippen molar-refractivity contribution in [2.75, 3.05) is 31.4 Å². The molecular weight excluding hydrogens is 689 g/mol. The molecule has 49 heavy (non-hydrogen) atoms. The van der Waals surface area contributed by atoms with Gasteiger partial charge in [0.05, 0.1) is 36.3 Å². The zero-order chi connectivity index (χ0) is 34.2. The van der Waals surface area contributed by atoms with E-state index < -0.39 is 77.3 Å². The van der Waals surface area contributed by atoms with Crippen molar-refractivity contribution in [3.63, 3.8) is 0 Å². The second-order valence-electron chi connectivity index (χ2n) is 11.7. The molecule has 4 aliphatic rings. The molecule has 0 spiro atoms. The molecule has 3 N–H and O–H groups in total. The van der Waals surface area contributed by atoms with Gasteiger partial charge in [-0.05, 0) is 6.07 Å². The van der Waals surface area contributed by atoms with E-state index in [1.165, 1.54) is 35.2 Å². The van der Waals surface area contributed by atoms with Gasteiger partial charge in [0.2, 0.25) is 21.0 Å². The monoisotopic (exact) mass is 715 g/mol. The van der Waals surface area contributed by atoms with E-state index in [-0.39, 0.29) is 29.3 Å². The number of hydrogen-bond acceptors (Lipinski definition) is 16. The fraction of sp³-hybridized carbons (Fsp3) is 0.520. The Bertz CT molecular complexity index is 2060. The molecule has 1 amide bonds. The molecule has 0 aromatic carbocycles. The van der Waals surface area contributed by atoms with Crippen molar-refractivity contribution in [3.8, 4) is 0 Å². The Morgan fingerprint density at radius 3 is 2.47 bits per heavy atom. The molecule has 4 aromatic rings. The molecule has 8 rings (SSSR count). The summed E-state index contributed by atoms with van der Waals surface area (Å²) >= 11 is 0. The number of methoxy groups -OCH3 is 1. The first-order chi connectivity index (χ1) is 23.4. The van der Waals surface area contributed by atoms with Crippen LogP contribution in [0.2, 0.25) is 0 Å². The third kappa shape index (κ3) is 5.78. The van der Waals surface area contributed by atoms with E-state index in [4.69, 9.17) is 53.2 Å². The lowest BCUT2D eigenvalue weighted by Gasteiger charge is -2.30. The second-order valence-corrected chi connectivity index (χ2v) is 14.8. The predicted molar refractivity (Wildman–Crippen MR) is 166 cm³/mol. The van der Waals surface area contributed by atoms with Crippen LogP contribution in [-0.2, 0) is 52.7 Å². The fourth-order valence-corrected chi connectivity index (χ4v) is 8.46. The number of nitrogen functional groups attached to an aromatic ring is 1. The van der Waals surface area contributed by atoms with E-state index in [1.54, 1.807) is 6.07 Å². The minimum atomic E-state index is -4.55. The fourth-order valence-electron chi connectivity index (χ4n) is 6.44. The number of nitrogens with one attached hydrogen (secondary N) is 1. The lowest BCUT2D eigenvalue weighted by atomic mass is 10.1. The summed E-state index contributed by atoms with van der Waals surface area (Å²) in [5.74, 6) is -0.114. The summed E-state index contributed by atoms with van der Waals surface area (Å²) in [4.78, 5) is 28.8. The maximum absolute atomic E-state index is 16.1. The van der Waals surface area contributed by atoms with Gasteiger partial charge in [-0.1, -0.05) is 0 Å². The molecule has 24 heteroatoms. The number of carbonyl (C=O) groups is 1. The number of halogens is 1. The topological polar surface area (TPSA) is 228 Å². The first kappa shape index (κ1) is 32.9. The number of anilines is 2. The molecule has 4 unspecified atom stereocenters. The lowest BCUT2D eigenvalue weighted by molar-refractivity contribution is -0.116. The maximum Gasteiger partial charge on any atom is 0.264 e. The quantitative estimate of drug-likeness (QED) is 0.225. The minimum Gasteiger partial charge on any atom is -0.382 e. The SMILES string of the molecule is [B]P1(=O)OC[C@H]2O[C@@H](n3cnc4c(N)ncnc43)C(F)[C@H]2OP([B])(=O)OC[C@H]2O[C@@H](n3nc4c5c(ccnc53)NC(=O)CC4)[C@@H](OC)C2O1. The first-order valence-electron chi connectivity index (χ1n) is 14.9. The first-order valence-corrected chi connectivity index (χ1v) is 18.2. The van der Waals surface area contributed by atoms with Gasteiger partial charge < -0.3 is 43.4 Å². The smallest absolute Gasteiger partial charge is 0.264 e. The Labute approximate surface area is 278 Å². The number of nitrogens with zero attached hydrogens (tertiary/aromatic N) is 7. The van der Waals surface area contributed by atoms with Gasteiger partial charge in [-0.2, -0.15) is 5.10 Å². The Hall–Kier alpha value is -3.32. The summed E-state index contributed by atoms with van der Waals surface area (Å²) in [6.07, 6.45) is -6.71. The predicted octanol–water partition coefficient (Wildman–Crippen LogP) is 1.26. The van der Waals surface area contributed by atoms with E-state index in [9.17, 15) is 13.9 Å². The number of hydrogen-bond donors (Lipinski definition) is 2. The van der Waals surface area contributed by atoms with Crippen LogP contribution in [0.5, 0.6) is 0 Å². The van der Waals surface area contributed by atoms with Gasteiger partial charge in [0.1, 0.15) is 42.4 Å². The molecule has 0 bridgehead atoms. The zero-order valence-electron chi connectivity index (χ0n) is 25.5. The van der Waals surface area contributed by atoms with Gasteiger partial charge in [0.15, 0.2) is 35.7 Å². The molecule has 3 fully saturated rings. The minimum absolute atomic E-state index is 0.0542. The van der Waals surface area contributed by atoms with Crippen LogP contribution in [-0.4, -0.2) is 112 Å². The van der Waals surface area contributed by atoms with Crippen molar-refractivity contribution in [1.82, 2.24) is 34.3 Å². The van der Waals surface area contributed by atoms with Crippen molar-refractivity contribution >= 4 is 69.7 Å². The third-order valence-corrected chi connectivity index (χ3v) is 10.7. The molecule has 0 aliphatic carbocycles. The zero-order valence-corrected chi connectivity index (χ0v) is 27.3. The molecule has 4 radical (unpaired) electrons. The van der Waals surface area contributed by atoms with Crippen molar-refractivity contribution in [3.05, 3.63) is 30.6 Å².